The van der Waals surface area contributed by atoms with Gasteiger partial charge in [-0.05, 0) is 6.92 Å². The second kappa shape index (κ2) is 5.51. The molecule has 0 fully saturated rings. The van der Waals surface area contributed by atoms with Crippen molar-refractivity contribution in [2.45, 2.75) is 13.5 Å². The number of hydrogen-bond donors (Lipinski definition) is 2. The van der Waals surface area contributed by atoms with Gasteiger partial charge in [-0.15, -0.1) is 0 Å². The number of nitrogens with one attached hydrogen (secondary N) is 1. The number of nitrogens with zero attached hydrogens (tertiary/aromatic N) is 1. The molecule has 19 heavy (non-hydrogen) atoms. The van der Waals surface area contributed by atoms with Crippen LogP contribution >= 0.6 is 0 Å². The Labute approximate surface area is 111 Å². The lowest BCUT2D eigenvalue weighted by Crippen LogP contribution is -2.03. The van der Waals surface area contributed by atoms with Gasteiger partial charge in [-0.3, -0.25) is 0 Å². The first-order valence-corrected chi connectivity index (χ1v) is 5.81. The van der Waals surface area contributed by atoms with Crippen LogP contribution in [0.1, 0.15) is 11.5 Å². The SMILES string of the molecule is COc1cc(N)c(NCc2cc(C)no2)cc1OC. The summed E-state index contributed by atoms with van der Waals surface area (Å²) in [5.41, 5.74) is 8.12. The van der Waals surface area contributed by atoms with Gasteiger partial charge in [0, 0.05) is 18.2 Å². The van der Waals surface area contributed by atoms with Crippen LogP contribution in [-0.2, 0) is 6.54 Å². The number of anilines is 2. The van der Waals surface area contributed by atoms with Crippen LogP contribution in [0.3, 0.4) is 0 Å². The number of aromatic nitrogens is 1. The summed E-state index contributed by atoms with van der Waals surface area (Å²) in [5.74, 6) is 1.96. The van der Waals surface area contributed by atoms with Crippen LogP contribution in [0.15, 0.2) is 22.7 Å². The number of benzene rings is 1. The minimum atomic E-state index is 0.501. The topological polar surface area (TPSA) is 82.5 Å². The number of nitrogens with two attached hydrogens (primary N) is 1. The van der Waals surface area contributed by atoms with E-state index in [1.165, 1.54) is 0 Å². The molecule has 6 heteroatoms. The standard InChI is InChI=1S/C13H17N3O3/c1-8-4-9(19-16-8)7-15-11-6-13(18-3)12(17-2)5-10(11)14/h4-6,15H,7,14H2,1-3H3. The maximum absolute atomic E-state index is 5.95. The van der Waals surface area contributed by atoms with E-state index in [1.807, 2.05) is 13.0 Å². The molecule has 0 spiro atoms. The molecular weight excluding hydrogens is 246 g/mol. The first-order chi connectivity index (χ1) is 9.13. The third-order valence-electron chi connectivity index (χ3n) is 2.69. The predicted molar refractivity (Wildman–Crippen MR) is 72.5 cm³/mol. The Bertz CT molecular complexity index is 566. The molecule has 0 saturated carbocycles. The molecule has 0 aliphatic rings. The van der Waals surface area contributed by atoms with Crippen LogP contribution in [0.25, 0.3) is 0 Å². The summed E-state index contributed by atoms with van der Waals surface area (Å²) in [4.78, 5) is 0. The third kappa shape index (κ3) is 2.90. The maximum atomic E-state index is 5.95. The van der Waals surface area contributed by atoms with Crippen LogP contribution in [0.2, 0.25) is 0 Å². The van der Waals surface area contributed by atoms with Crippen LogP contribution in [-0.4, -0.2) is 19.4 Å². The molecule has 3 N–H and O–H groups in total. The normalized spacial score (nSPS) is 10.3. The average Bonchev–Trinajstić information content (AvgIpc) is 2.82. The van der Waals surface area contributed by atoms with E-state index in [-0.39, 0.29) is 0 Å². The molecule has 0 amide bonds. The van der Waals surface area contributed by atoms with Gasteiger partial charge >= 0.3 is 0 Å². The van der Waals surface area contributed by atoms with E-state index in [0.29, 0.717) is 23.7 Å². The lowest BCUT2D eigenvalue weighted by Gasteiger charge is -2.13. The Kier molecular flexibility index (Phi) is 3.79. The first-order valence-electron chi connectivity index (χ1n) is 5.81. The predicted octanol–water partition coefficient (Wildman–Crippen LogP) is 2.19. The molecule has 1 aromatic heterocycles. The summed E-state index contributed by atoms with van der Waals surface area (Å²) in [5, 5.41) is 7.00. The van der Waals surface area contributed by atoms with Gasteiger partial charge in [0.05, 0.1) is 37.8 Å². The number of methoxy groups -OCH3 is 2. The van der Waals surface area contributed by atoms with Crippen molar-refractivity contribution < 1.29 is 14.0 Å². The van der Waals surface area contributed by atoms with Crippen LogP contribution in [0.5, 0.6) is 11.5 Å². The molecule has 0 unspecified atom stereocenters. The molecule has 0 bridgehead atoms. The summed E-state index contributed by atoms with van der Waals surface area (Å²) in [6, 6.07) is 5.37. The van der Waals surface area contributed by atoms with Gasteiger partial charge in [0.2, 0.25) is 0 Å². The Balaban J connectivity index is 2.15. The highest BCUT2D eigenvalue weighted by molar-refractivity contribution is 5.72. The highest BCUT2D eigenvalue weighted by Crippen LogP contribution is 2.34. The molecule has 0 atom stereocenters. The summed E-state index contributed by atoms with van der Waals surface area (Å²) in [6.07, 6.45) is 0. The van der Waals surface area contributed by atoms with Crippen molar-refractivity contribution in [2.75, 3.05) is 25.3 Å². The van der Waals surface area contributed by atoms with Crippen molar-refractivity contribution in [1.29, 1.82) is 0 Å². The fourth-order valence-corrected chi connectivity index (χ4v) is 1.73. The highest BCUT2D eigenvalue weighted by atomic mass is 16.5. The summed E-state index contributed by atoms with van der Waals surface area (Å²) in [6.45, 7) is 2.37. The largest absolute Gasteiger partial charge is 0.493 e. The second-order valence-corrected chi connectivity index (χ2v) is 4.08. The molecule has 0 saturated heterocycles. The number of rotatable bonds is 5. The van der Waals surface area contributed by atoms with Crippen molar-refractivity contribution in [3.05, 3.63) is 29.7 Å². The zero-order valence-electron chi connectivity index (χ0n) is 11.2. The molecule has 0 radical (unpaired) electrons. The van der Waals surface area contributed by atoms with Gasteiger partial charge in [-0.25, -0.2) is 0 Å². The molecule has 2 aromatic rings. The van der Waals surface area contributed by atoms with E-state index in [2.05, 4.69) is 10.5 Å². The first kappa shape index (κ1) is 13.1. The Morgan fingerprint density at radius 1 is 1.21 bits per heavy atom. The van der Waals surface area contributed by atoms with Gasteiger partial charge in [-0.2, -0.15) is 0 Å². The zero-order chi connectivity index (χ0) is 13.8. The van der Waals surface area contributed by atoms with Crippen molar-refractivity contribution >= 4 is 11.4 Å². The number of aryl methyl sites for hydroxylation is 1. The van der Waals surface area contributed by atoms with Crippen molar-refractivity contribution in [3.8, 4) is 11.5 Å². The van der Waals surface area contributed by atoms with Gasteiger partial charge < -0.3 is 25.0 Å². The Morgan fingerprint density at radius 2 is 1.89 bits per heavy atom. The lowest BCUT2D eigenvalue weighted by atomic mass is 10.2. The van der Waals surface area contributed by atoms with E-state index in [9.17, 15) is 0 Å². The van der Waals surface area contributed by atoms with Gasteiger partial charge in [0.1, 0.15) is 0 Å². The Morgan fingerprint density at radius 3 is 2.47 bits per heavy atom. The van der Waals surface area contributed by atoms with Gasteiger partial charge in [0.25, 0.3) is 0 Å². The van der Waals surface area contributed by atoms with E-state index < -0.39 is 0 Å². The molecular formula is C13H17N3O3. The fourth-order valence-electron chi connectivity index (χ4n) is 1.73. The lowest BCUT2D eigenvalue weighted by molar-refractivity contribution is 0.355. The van der Waals surface area contributed by atoms with Crippen molar-refractivity contribution in [1.82, 2.24) is 5.16 Å². The van der Waals surface area contributed by atoms with Gasteiger partial charge in [0.15, 0.2) is 17.3 Å². The van der Waals surface area contributed by atoms with E-state index in [1.54, 1.807) is 26.4 Å². The molecule has 6 nitrogen and oxygen atoms in total. The average molecular weight is 263 g/mol. The van der Waals surface area contributed by atoms with E-state index in [0.717, 1.165) is 17.1 Å². The number of nitrogen functional groups attached to an aromatic ring is 1. The minimum Gasteiger partial charge on any atom is -0.493 e. The quantitative estimate of drug-likeness (QED) is 0.805. The summed E-state index contributed by atoms with van der Waals surface area (Å²) < 4.78 is 15.5. The molecule has 1 aromatic carbocycles. The van der Waals surface area contributed by atoms with Gasteiger partial charge in [-0.1, -0.05) is 5.16 Å². The molecule has 0 aliphatic heterocycles. The Hall–Kier alpha value is -2.37. The summed E-state index contributed by atoms with van der Waals surface area (Å²) in [7, 11) is 3.15. The van der Waals surface area contributed by atoms with Crippen LogP contribution < -0.4 is 20.5 Å². The fraction of sp³-hybridized carbons (Fsp3) is 0.308. The number of hydrogen-bond acceptors (Lipinski definition) is 6. The van der Waals surface area contributed by atoms with Crippen LogP contribution in [0, 0.1) is 6.92 Å². The minimum absolute atomic E-state index is 0.501. The third-order valence-corrected chi connectivity index (χ3v) is 2.69. The molecule has 0 aliphatic carbocycles. The van der Waals surface area contributed by atoms with Crippen molar-refractivity contribution in [3.63, 3.8) is 0 Å². The summed E-state index contributed by atoms with van der Waals surface area (Å²) >= 11 is 0. The van der Waals surface area contributed by atoms with Crippen molar-refractivity contribution in [2.24, 2.45) is 0 Å². The van der Waals surface area contributed by atoms with E-state index in [4.69, 9.17) is 19.7 Å². The van der Waals surface area contributed by atoms with Crippen LogP contribution in [0.4, 0.5) is 11.4 Å². The molecule has 1 heterocycles. The maximum Gasteiger partial charge on any atom is 0.162 e. The van der Waals surface area contributed by atoms with E-state index >= 15 is 0 Å². The second-order valence-electron chi connectivity index (χ2n) is 4.08. The molecule has 2 rings (SSSR count). The highest BCUT2D eigenvalue weighted by Gasteiger charge is 2.09. The zero-order valence-corrected chi connectivity index (χ0v) is 11.2. The monoisotopic (exact) mass is 263 g/mol. The number of ether oxygens (including phenoxy) is 2. The molecule has 102 valence electrons. The smallest absolute Gasteiger partial charge is 0.162 e.